The van der Waals surface area contributed by atoms with Crippen molar-refractivity contribution in [2.45, 2.75) is 65.6 Å². The average Bonchev–Trinajstić information content (AvgIpc) is 3.89. The van der Waals surface area contributed by atoms with Crippen LogP contribution >= 0.6 is 0 Å². The molecule has 300 valence electrons. The van der Waals surface area contributed by atoms with E-state index in [0.717, 1.165) is 37.0 Å². The van der Waals surface area contributed by atoms with Gasteiger partial charge in [-0.25, -0.2) is 24.0 Å². The Bertz CT molecular complexity index is 1320. The van der Waals surface area contributed by atoms with Crippen LogP contribution in [0.3, 0.4) is 0 Å². The zero-order valence-corrected chi connectivity index (χ0v) is 32.5. The number of fused-ring (bicyclic) bond motifs is 5. The van der Waals surface area contributed by atoms with E-state index in [-0.39, 0.29) is 44.0 Å². The zero-order chi connectivity index (χ0) is 40.8. The smallest absolute Gasteiger partial charge is 0.330 e. The maximum Gasteiger partial charge on any atom is 0.330 e. The molecule has 3 rings (SSSR count). The molecule has 0 amide bonds. The molecule has 54 heavy (non-hydrogen) atoms. The Hall–Kier alpha value is -4.71. The molecule has 2 bridgehead atoms. The number of hydrogen-bond donors (Lipinski definition) is 0. The van der Waals surface area contributed by atoms with E-state index in [0.29, 0.717) is 55.2 Å². The third kappa shape index (κ3) is 17.4. The minimum atomic E-state index is -0.488. The molecule has 12 heteroatoms. The van der Waals surface area contributed by atoms with Gasteiger partial charge in [0.1, 0.15) is 18.5 Å². The van der Waals surface area contributed by atoms with Crippen LogP contribution in [0.15, 0.2) is 88.3 Å². The van der Waals surface area contributed by atoms with E-state index < -0.39 is 23.3 Å². The molecule has 0 spiro atoms. The van der Waals surface area contributed by atoms with Crippen molar-refractivity contribution in [3.05, 3.63) is 88.3 Å². The third-order valence-electron chi connectivity index (χ3n) is 9.37. The first-order valence-electron chi connectivity index (χ1n) is 18.1. The highest BCUT2D eigenvalue weighted by molar-refractivity contribution is 5.82. The summed E-state index contributed by atoms with van der Waals surface area (Å²) in [6.45, 7) is 33.2. The quantitative estimate of drug-likeness (QED) is 0.0417. The minimum absolute atomic E-state index is 0.127. The van der Waals surface area contributed by atoms with Gasteiger partial charge >= 0.3 is 29.8 Å². The summed E-state index contributed by atoms with van der Waals surface area (Å²) in [5.74, 6) is 2.23. The second kappa shape index (κ2) is 24.6. The van der Waals surface area contributed by atoms with Crippen molar-refractivity contribution < 1.29 is 57.1 Å². The fraction of sp³-hybridized carbons (Fsp3) is 0.548. The Kier molecular flexibility index (Phi) is 21.5. The van der Waals surface area contributed by atoms with Crippen LogP contribution in [0.2, 0.25) is 0 Å². The van der Waals surface area contributed by atoms with E-state index >= 15 is 0 Å². The molecule has 0 radical (unpaired) electrons. The summed E-state index contributed by atoms with van der Waals surface area (Å²) in [5, 5.41) is 0. The van der Waals surface area contributed by atoms with Crippen molar-refractivity contribution in [2.24, 2.45) is 40.9 Å². The van der Waals surface area contributed by atoms with Crippen molar-refractivity contribution in [2.75, 3.05) is 39.6 Å². The Morgan fingerprint density at radius 2 is 1.09 bits per heavy atom. The highest BCUT2D eigenvalue weighted by Crippen LogP contribution is 2.62. The molecule has 12 nitrogen and oxygen atoms in total. The number of allylic oxidation sites excluding steroid dienone is 1. The highest BCUT2D eigenvalue weighted by atomic mass is 16.6. The SMILES string of the molecule is C=CC(=C)OC(C)COC(C)COC(=O)C=C.C=CC(=O)OCC(C)(C)COC(=O)C=C.C=CC(=O)OCC1CC2CC1C1CCC(COC(=O)C=C)C21. The number of rotatable bonds is 21. The fourth-order valence-electron chi connectivity index (χ4n) is 6.94. The molecule has 0 aromatic carbocycles. The maximum atomic E-state index is 11.3. The van der Waals surface area contributed by atoms with Crippen molar-refractivity contribution in [1.82, 2.24) is 0 Å². The molecule has 3 aliphatic carbocycles. The number of carbonyl (C=O) groups excluding carboxylic acids is 5. The van der Waals surface area contributed by atoms with E-state index in [9.17, 15) is 24.0 Å². The summed E-state index contributed by atoms with van der Waals surface area (Å²) in [6.07, 6.45) is 11.7. The van der Waals surface area contributed by atoms with Gasteiger partial charge in [0.2, 0.25) is 0 Å². The Morgan fingerprint density at radius 1 is 0.611 bits per heavy atom. The first-order valence-corrected chi connectivity index (χ1v) is 18.1. The molecule has 8 unspecified atom stereocenters. The van der Waals surface area contributed by atoms with Crippen molar-refractivity contribution in [1.29, 1.82) is 0 Å². The van der Waals surface area contributed by atoms with Crippen LogP contribution in [0.5, 0.6) is 0 Å². The van der Waals surface area contributed by atoms with Crippen molar-refractivity contribution in [3.8, 4) is 0 Å². The van der Waals surface area contributed by atoms with Crippen molar-refractivity contribution in [3.63, 3.8) is 0 Å². The first kappa shape index (κ1) is 47.3. The largest absolute Gasteiger partial charge is 0.489 e. The second-order valence-electron chi connectivity index (χ2n) is 14.3. The molecule has 3 fully saturated rings. The second-order valence-corrected chi connectivity index (χ2v) is 14.3. The van der Waals surface area contributed by atoms with Gasteiger partial charge in [-0.1, -0.05) is 59.9 Å². The first-order chi connectivity index (χ1) is 25.5. The maximum absolute atomic E-state index is 11.3. The van der Waals surface area contributed by atoms with Gasteiger partial charge in [0.25, 0.3) is 0 Å². The van der Waals surface area contributed by atoms with Crippen LogP contribution in [0.1, 0.15) is 53.4 Å². The summed E-state index contributed by atoms with van der Waals surface area (Å²) >= 11 is 0. The van der Waals surface area contributed by atoms with Crippen LogP contribution in [0, 0.1) is 40.9 Å². The van der Waals surface area contributed by atoms with E-state index in [4.69, 9.17) is 33.2 Å². The number of esters is 5. The lowest BCUT2D eigenvalue weighted by molar-refractivity contribution is -0.147. The van der Waals surface area contributed by atoms with Crippen LogP contribution in [-0.4, -0.2) is 81.7 Å². The van der Waals surface area contributed by atoms with Gasteiger partial charge < -0.3 is 33.2 Å². The van der Waals surface area contributed by atoms with Gasteiger partial charge in [0.15, 0.2) is 0 Å². The summed E-state index contributed by atoms with van der Waals surface area (Å²) < 4.78 is 35.8. The summed E-state index contributed by atoms with van der Waals surface area (Å²) in [4.78, 5) is 54.9. The molecular formula is C42H60O12. The van der Waals surface area contributed by atoms with Crippen LogP contribution in [0.4, 0.5) is 0 Å². The van der Waals surface area contributed by atoms with Gasteiger partial charge in [0, 0.05) is 35.8 Å². The topological polar surface area (TPSA) is 150 Å². The highest BCUT2D eigenvalue weighted by Gasteiger charge is 2.57. The molecule has 0 N–H and O–H groups in total. The molecule has 0 saturated heterocycles. The fourth-order valence-corrected chi connectivity index (χ4v) is 6.94. The summed E-state index contributed by atoms with van der Waals surface area (Å²) in [5.41, 5.74) is -0.419. The van der Waals surface area contributed by atoms with E-state index in [1.165, 1.54) is 31.1 Å². The molecule has 3 saturated carbocycles. The molecule has 0 heterocycles. The number of ether oxygens (including phenoxy) is 7. The zero-order valence-electron chi connectivity index (χ0n) is 32.5. The van der Waals surface area contributed by atoms with E-state index in [1.807, 2.05) is 27.7 Å². The normalized spacial score (nSPS) is 22.7. The molecular weight excluding hydrogens is 696 g/mol. The standard InChI is InChI=1S/C18H24O4.C13H20O4.C11H16O4/c1-3-16(19)21-9-11-5-6-14-15-8-12(18(11)14)7-13(15)10-22-17(20)4-2;1-6-10(3)17-12(5)9-15-11(4)8-16-13(14)7-2;1-5-9(12)14-7-11(3,4)8-15-10(13)6-2/h3-4,11-15,18H,1-2,5-10H2;6-7,11-12H,1-3,8-9H2,4-5H3;5-6H,1-2,7-8H2,3-4H3. The van der Waals surface area contributed by atoms with E-state index in [2.05, 4.69) is 46.1 Å². The van der Waals surface area contributed by atoms with Gasteiger partial charge in [-0.3, -0.25) is 0 Å². The predicted octanol–water partition coefficient (Wildman–Crippen LogP) is 6.44. The lowest BCUT2D eigenvalue weighted by Crippen LogP contribution is -2.31. The Balaban J connectivity index is 0.000000416. The minimum Gasteiger partial charge on any atom is -0.489 e. The molecule has 0 aliphatic heterocycles. The average molecular weight is 757 g/mol. The van der Waals surface area contributed by atoms with Crippen LogP contribution in [0.25, 0.3) is 0 Å². The Labute approximate surface area is 320 Å². The number of carbonyl (C=O) groups is 5. The Morgan fingerprint density at radius 3 is 1.59 bits per heavy atom. The monoisotopic (exact) mass is 756 g/mol. The van der Waals surface area contributed by atoms with E-state index in [1.54, 1.807) is 0 Å². The third-order valence-corrected chi connectivity index (χ3v) is 9.37. The van der Waals surface area contributed by atoms with Crippen LogP contribution in [-0.2, 0) is 57.1 Å². The number of hydrogen-bond acceptors (Lipinski definition) is 12. The summed E-state index contributed by atoms with van der Waals surface area (Å²) in [6, 6.07) is 0. The molecule has 3 aliphatic rings. The van der Waals surface area contributed by atoms with Gasteiger partial charge in [0.05, 0.1) is 39.1 Å². The van der Waals surface area contributed by atoms with Crippen LogP contribution < -0.4 is 0 Å². The predicted molar refractivity (Wildman–Crippen MR) is 204 cm³/mol. The van der Waals surface area contributed by atoms with Gasteiger partial charge in [-0.2, -0.15) is 0 Å². The molecule has 0 aromatic heterocycles. The molecule has 0 aromatic rings. The molecule has 8 atom stereocenters. The van der Waals surface area contributed by atoms with Gasteiger partial charge in [-0.05, 0) is 81.1 Å². The lowest BCUT2D eigenvalue weighted by atomic mass is 9.73. The lowest BCUT2D eigenvalue weighted by Gasteiger charge is -2.33. The van der Waals surface area contributed by atoms with Gasteiger partial charge in [-0.15, -0.1) is 0 Å². The van der Waals surface area contributed by atoms with Crippen molar-refractivity contribution >= 4 is 29.8 Å². The summed E-state index contributed by atoms with van der Waals surface area (Å²) in [7, 11) is 0.